The maximum Gasteiger partial charge on any atom is 0.196 e. The molecule has 0 saturated carbocycles. The topological polar surface area (TPSA) is 26.0 Å². The summed E-state index contributed by atoms with van der Waals surface area (Å²) in [6.07, 6.45) is 0.606. The van der Waals surface area contributed by atoms with Crippen molar-refractivity contribution in [1.82, 2.24) is 4.98 Å². The van der Waals surface area contributed by atoms with Crippen molar-refractivity contribution in [2.75, 3.05) is 0 Å². The van der Waals surface area contributed by atoms with Crippen LogP contribution in [-0.2, 0) is 6.42 Å². The van der Waals surface area contributed by atoms with E-state index in [-0.39, 0.29) is 4.83 Å². The summed E-state index contributed by atoms with van der Waals surface area (Å²) in [6.45, 7) is 0. The number of nitrogens with zero attached hydrogens (tertiary/aromatic N) is 1. The van der Waals surface area contributed by atoms with Gasteiger partial charge in [0, 0.05) is 21.3 Å². The number of benzene rings is 2. The van der Waals surface area contributed by atoms with E-state index >= 15 is 0 Å². The van der Waals surface area contributed by atoms with Crippen molar-refractivity contribution in [1.29, 1.82) is 0 Å². The molecule has 5 heteroatoms. The van der Waals surface area contributed by atoms with Gasteiger partial charge in [0.1, 0.15) is 5.52 Å². The highest BCUT2D eigenvalue weighted by atomic mass is 79.9. The fourth-order valence-electron chi connectivity index (χ4n) is 2.03. The standard InChI is InChI=1S/C15H10BrCl2NO/c16-11(10-7-9(17)5-6-12(10)18)8-15-19-13-3-1-2-4-14(13)20-15/h1-7,11H,8H2. The number of oxazole rings is 1. The molecular formula is C15H10BrCl2NO. The normalized spacial score (nSPS) is 12.8. The Hall–Kier alpha value is -1.03. The summed E-state index contributed by atoms with van der Waals surface area (Å²) in [5, 5.41) is 1.33. The second kappa shape index (κ2) is 5.76. The first-order valence-electron chi connectivity index (χ1n) is 6.07. The zero-order valence-electron chi connectivity index (χ0n) is 10.3. The lowest BCUT2D eigenvalue weighted by atomic mass is 10.1. The first kappa shape index (κ1) is 13.9. The molecule has 3 rings (SSSR count). The molecule has 102 valence electrons. The molecule has 0 aliphatic rings. The quantitative estimate of drug-likeness (QED) is 0.543. The van der Waals surface area contributed by atoms with Gasteiger partial charge < -0.3 is 4.42 Å². The third kappa shape index (κ3) is 2.85. The van der Waals surface area contributed by atoms with Crippen LogP contribution in [0, 0.1) is 0 Å². The van der Waals surface area contributed by atoms with Crippen LogP contribution < -0.4 is 0 Å². The molecule has 0 radical (unpaired) electrons. The Morgan fingerprint density at radius 2 is 1.95 bits per heavy atom. The van der Waals surface area contributed by atoms with Crippen LogP contribution in [0.15, 0.2) is 46.9 Å². The zero-order valence-corrected chi connectivity index (χ0v) is 13.4. The van der Waals surface area contributed by atoms with Crippen LogP contribution in [0.2, 0.25) is 10.0 Å². The van der Waals surface area contributed by atoms with Crippen LogP contribution in [0.4, 0.5) is 0 Å². The molecule has 1 heterocycles. The van der Waals surface area contributed by atoms with E-state index in [1.54, 1.807) is 12.1 Å². The van der Waals surface area contributed by atoms with Crippen LogP contribution in [0.5, 0.6) is 0 Å². The SMILES string of the molecule is Clc1ccc(Cl)c(C(Br)Cc2nc3ccccc3o2)c1. The van der Waals surface area contributed by atoms with E-state index in [1.807, 2.05) is 30.3 Å². The average molecular weight is 371 g/mol. The molecule has 1 unspecified atom stereocenters. The lowest BCUT2D eigenvalue weighted by molar-refractivity contribution is 0.527. The van der Waals surface area contributed by atoms with Crippen molar-refractivity contribution in [3.63, 3.8) is 0 Å². The highest BCUT2D eigenvalue weighted by Gasteiger charge is 2.16. The molecule has 0 fully saturated rings. The molecule has 0 aliphatic heterocycles. The molecule has 20 heavy (non-hydrogen) atoms. The lowest BCUT2D eigenvalue weighted by Gasteiger charge is -2.10. The van der Waals surface area contributed by atoms with E-state index in [1.165, 1.54) is 0 Å². The summed E-state index contributed by atoms with van der Waals surface area (Å²) in [6, 6.07) is 13.1. The number of para-hydroxylation sites is 2. The maximum atomic E-state index is 6.20. The molecular weight excluding hydrogens is 361 g/mol. The first-order valence-corrected chi connectivity index (χ1v) is 7.74. The summed E-state index contributed by atoms with van der Waals surface area (Å²) >= 11 is 15.8. The van der Waals surface area contributed by atoms with Crippen molar-refractivity contribution in [3.8, 4) is 0 Å². The molecule has 0 amide bonds. The van der Waals surface area contributed by atoms with E-state index in [0.29, 0.717) is 22.4 Å². The second-order valence-corrected chi connectivity index (χ2v) is 6.36. The Labute approximate surface area is 134 Å². The third-order valence-corrected chi connectivity index (χ3v) is 4.38. The number of fused-ring (bicyclic) bond motifs is 1. The van der Waals surface area contributed by atoms with Gasteiger partial charge in [-0.25, -0.2) is 4.98 Å². The molecule has 1 atom stereocenters. The minimum absolute atomic E-state index is 0.00163. The fourth-order valence-corrected chi connectivity index (χ4v) is 3.24. The Morgan fingerprint density at radius 3 is 2.75 bits per heavy atom. The average Bonchev–Trinajstić information content (AvgIpc) is 2.83. The molecule has 2 aromatic carbocycles. The van der Waals surface area contributed by atoms with Gasteiger partial charge in [-0.15, -0.1) is 0 Å². The molecule has 0 bridgehead atoms. The van der Waals surface area contributed by atoms with Gasteiger partial charge in [-0.1, -0.05) is 51.3 Å². The van der Waals surface area contributed by atoms with Crippen molar-refractivity contribution in [3.05, 3.63) is 64.0 Å². The van der Waals surface area contributed by atoms with Gasteiger partial charge in [-0.3, -0.25) is 0 Å². The molecule has 0 aliphatic carbocycles. The van der Waals surface area contributed by atoms with Crippen LogP contribution >= 0.6 is 39.1 Å². The number of hydrogen-bond donors (Lipinski definition) is 0. The van der Waals surface area contributed by atoms with E-state index in [9.17, 15) is 0 Å². The van der Waals surface area contributed by atoms with E-state index in [2.05, 4.69) is 20.9 Å². The predicted octanol–water partition coefficient (Wildman–Crippen LogP) is 5.81. The number of alkyl halides is 1. The van der Waals surface area contributed by atoms with Crippen LogP contribution in [0.25, 0.3) is 11.1 Å². The first-order chi connectivity index (χ1) is 9.63. The number of halogens is 3. The summed E-state index contributed by atoms with van der Waals surface area (Å²) in [7, 11) is 0. The number of rotatable bonds is 3. The smallest absolute Gasteiger partial charge is 0.196 e. The summed E-state index contributed by atoms with van der Waals surface area (Å²) in [5.74, 6) is 0.670. The van der Waals surface area contributed by atoms with Gasteiger partial charge in [0.15, 0.2) is 11.5 Å². The summed E-state index contributed by atoms with van der Waals surface area (Å²) in [4.78, 5) is 4.46. The molecule has 3 aromatic rings. The van der Waals surface area contributed by atoms with Gasteiger partial charge >= 0.3 is 0 Å². The highest BCUT2D eigenvalue weighted by molar-refractivity contribution is 9.09. The largest absolute Gasteiger partial charge is 0.441 e. The number of hydrogen-bond acceptors (Lipinski definition) is 2. The fraction of sp³-hybridized carbons (Fsp3) is 0.133. The maximum absolute atomic E-state index is 6.20. The van der Waals surface area contributed by atoms with Gasteiger partial charge in [-0.05, 0) is 35.9 Å². The van der Waals surface area contributed by atoms with Crippen LogP contribution in [-0.4, -0.2) is 4.98 Å². The summed E-state index contributed by atoms with van der Waals surface area (Å²) in [5.41, 5.74) is 2.58. The Morgan fingerprint density at radius 1 is 1.15 bits per heavy atom. The van der Waals surface area contributed by atoms with Crippen molar-refractivity contribution in [2.24, 2.45) is 0 Å². The highest BCUT2D eigenvalue weighted by Crippen LogP contribution is 2.34. The van der Waals surface area contributed by atoms with E-state index in [4.69, 9.17) is 27.6 Å². The van der Waals surface area contributed by atoms with Gasteiger partial charge in [0.05, 0.1) is 0 Å². The Balaban J connectivity index is 1.88. The minimum atomic E-state index is 0.00163. The second-order valence-electron chi connectivity index (χ2n) is 4.41. The predicted molar refractivity (Wildman–Crippen MR) is 85.8 cm³/mol. The lowest BCUT2D eigenvalue weighted by Crippen LogP contribution is -1.96. The van der Waals surface area contributed by atoms with Gasteiger partial charge in [0.25, 0.3) is 0 Å². The molecule has 1 aromatic heterocycles. The molecule has 0 saturated heterocycles. The molecule has 0 N–H and O–H groups in total. The van der Waals surface area contributed by atoms with E-state index < -0.39 is 0 Å². The van der Waals surface area contributed by atoms with Crippen molar-refractivity contribution >= 4 is 50.2 Å². The monoisotopic (exact) mass is 369 g/mol. The molecule has 2 nitrogen and oxygen atoms in total. The third-order valence-electron chi connectivity index (χ3n) is 2.99. The summed E-state index contributed by atoms with van der Waals surface area (Å²) < 4.78 is 5.71. The molecule has 0 spiro atoms. The van der Waals surface area contributed by atoms with Crippen LogP contribution in [0.3, 0.4) is 0 Å². The van der Waals surface area contributed by atoms with Crippen molar-refractivity contribution < 1.29 is 4.42 Å². The van der Waals surface area contributed by atoms with E-state index in [0.717, 1.165) is 16.7 Å². The zero-order chi connectivity index (χ0) is 14.1. The Bertz CT molecular complexity index is 723. The number of aromatic nitrogens is 1. The van der Waals surface area contributed by atoms with Crippen LogP contribution in [0.1, 0.15) is 16.3 Å². The van der Waals surface area contributed by atoms with Gasteiger partial charge in [0.2, 0.25) is 0 Å². The minimum Gasteiger partial charge on any atom is -0.441 e. The van der Waals surface area contributed by atoms with Crippen molar-refractivity contribution in [2.45, 2.75) is 11.2 Å². The van der Waals surface area contributed by atoms with Gasteiger partial charge in [-0.2, -0.15) is 0 Å². The Kier molecular flexibility index (Phi) is 4.01.